The van der Waals surface area contributed by atoms with Crippen LogP contribution in [0, 0.1) is 0 Å². The van der Waals surface area contributed by atoms with Gasteiger partial charge in [0.05, 0.1) is 0 Å². The molecule has 2 nitrogen and oxygen atoms in total. The molecule has 0 radical (unpaired) electrons. The number of aliphatic hydroxyl groups excluding tert-OH is 1. The van der Waals surface area contributed by atoms with Crippen LogP contribution in [0.5, 0.6) is 0 Å². The van der Waals surface area contributed by atoms with Crippen molar-refractivity contribution < 1.29 is 9.90 Å². The molecule has 0 amide bonds. The van der Waals surface area contributed by atoms with Gasteiger partial charge in [0.25, 0.3) is 0 Å². The molecule has 0 aliphatic heterocycles. The summed E-state index contributed by atoms with van der Waals surface area (Å²) < 4.78 is 0. The third kappa shape index (κ3) is 1.48. The van der Waals surface area contributed by atoms with E-state index in [1.807, 2.05) is 24.3 Å². The molecule has 1 aliphatic rings. The summed E-state index contributed by atoms with van der Waals surface area (Å²) in [6, 6.07) is 12.1. The monoisotopic (exact) mass is 226 g/mol. The van der Waals surface area contributed by atoms with Gasteiger partial charge in [-0.1, -0.05) is 36.4 Å². The predicted octanol–water partition coefficient (Wildman–Crippen LogP) is 2.89. The fourth-order valence-corrected chi connectivity index (χ4v) is 2.70. The SMILES string of the molecule is O=C1c2ccc3ccccc3c2C1CCCO. The number of Topliss-reactive ketones (excluding diaryl/α,β-unsaturated/α-hetero) is 1. The maximum Gasteiger partial charge on any atom is 0.170 e. The maximum absolute atomic E-state index is 11.9. The van der Waals surface area contributed by atoms with Gasteiger partial charge in [0.2, 0.25) is 0 Å². The number of benzene rings is 2. The highest BCUT2D eigenvalue weighted by Gasteiger charge is 2.36. The molecule has 0 bridgehead atoms. The van der Waals surface area contributed by atoms with Crippen molar-refractivity contribution in [2.24, 2.45) is 0 Å². The summed E-state index contributed by atoms with van der Waals surface area (Å²) in [7, 11) is 0. The second-order valence-corrected chi connectivity index (χ2v) is 4.53. The molecular formula is C15H14O2. The molecule has 0 saturated heterocycles. The van der Waals surface area contributed by atoms with E-state index in [0.29, 0.717) is 6.42 Å². The average Bonchev–Trinajstić information content (AvgIpc) is 2.37. The van der Waals surface area contributed by atoms with Gasteiger partial charge in [0.15, 0.2) is 5.78 Å². The lowest BCUT2D eigenvalue weighted by molar-refractivity contribution is 0.0919. The van der Waals surface area contributed by atoms with Crippen LogP contribution < -0.4 is 0 Å². The van der Waals surface area contributed by atoms with Gasteiger partial charge in [0.1, 0.15) is 0 Å². The van der Waals surface area contributed by atoms with E-state index in [9.17, 15) is 4.79 Å². The standard InChI is InChI=1S/C15H14O2/c16-9-3-6-12-14-11-5-2-1-4-10(11)7-8-13(14)15(12)17/h1-2,4-5,7-8,12,16H,3,6,9H2. The first-order valence-corrected chi connectivity index (χ1v) is 5.99. The zero-order valence-corrected chi connectivity index (χ0v) is 9.52. The number of carbonyl (C=O) groups excluding carboxylic acids is 1. The smallest absolute Gasteiger partial charge is 0.170 e. The van der Waals surface area contributed by atoms with Crippen molar-refractivity contribution in [2.75, 3.05) is 6.61 Å². The number of ketones is 1. The predicted molar refractivity (Wildman–Crippen MR) is 67.3 cm³/mol. The van der Waals surface area contributed by atoms with E-state index in [4.69, 9.17) is 5.11 Å². The summed E-state index contributed by atoms with van der Waals surface area (Å²) in [4.78, 5) is 11.9. The van der Waals surface area contributed by atoms with E-state index in [2.05, 4.69) is 12.1 Å². The first-order chi connectivity index (χ1) is 8.33. The maximum atomic E-state index is 11.9. The number of fused-ring (bicyclic) bond motifs is 3. The molecule has 2 aromatic carbocycles. The van der Waals surface area contributed by atoms with Crippen LogP contribution in [0.2, 0.25) is 0 Å². The molecular weight excluding hydrogens is 212 g/mol. The van der Waals surface area contributed by atoms with E-state index in [-0.39, 0.29) is 18.3 Å². The second-order valence-electron chi connectivity index (χ2n) is 4.53. The molecule has 0 aromatic heterocycles. The number of aliphatic hydroxyl groups is 1. The molecule has 1 aliphatic carbocycles. The highest BCUT2D eigenvalue weighted by molar-refractivity contribution is 6.15. The molecule has 17 heavy (non-hydrogen) atoms. The molecule has 0 saturated carbocycles. The van der Waals surface area contributed by atoms with Gasteiger partial charge in [-0.05, 0) is 29.2 Å². The lowest BCUT2D eigenvalue weighted by Crippen LogP contribution is -2.27. The Kier molecular flexibility index (Phi) is 2.45. The van der Waals surface area contributed by atoms with Crippen molar-refractivity contribution in [1.82, 2.24) is 0 Å². The Balaban J connectivity index is 2.10. The van der Waals surface area contributed by atoms with E-state index in [1.54, 1.807) is 0 Å². The average molecular weight is 226 g/mol. The third-order valence-electron chi connectivity index (χ3n) is 3.55. The quantitative estimate of drug-likeness (QED) is 0.873. The van der Waals surface area contributed by atoms with Crippen molar-refractivity contribution in [2.45, 2.75) is 18.8 Å². The molecule has 0 fully saturated rings. The highest BCUT2D eigenvalue weighted by atomic mass is 16.2. The highest BCUT2D eigenvalue weighted by Crippen LogP contribution is 2.42. The molecule has 0 heterocycles. The fourth-order valence-electron chi connectivity index (χ4n) is 2.70. The Bertz CT molecular complexity index is 586. The summed E-state index contributed by atoms with van der Waals surface area (Å²) in [6.45, 7) is 0.157. The van der Waals surface area contributed by atoms with Gasteiger partial charge < -0.3 is 5.11 Å². The van der Waals surface area contributed by atoms with Crippen molar-refractivity contribution in [3.63, 3.8) is 0 Å². The van der Waals surface area contributed by atoms with E-state index >= 15 is 0 Å². The van der Waals surface area contributed by atoms with Crippen molar-refractivity contribution in [1.29, 1.82) is 0 Å². The largest absolute Gasteiger partial charge is 0.396 e. The summed E-state index contributed by atoms with van der Waals surface area (Å²) in [5.74, 6) is 0.238. The Morgan fingerprint density at radius 2 is 1.94 bits per heavy atom. The van der Waals surface area contributed by atoms with Crippen LogP contribution in [-0.2, 0) is 0 Å². The molecule has 2 heteroatoms. The number of hydrogen-bond acceptors (Lipinski definition) is 2. The van der Waals surface area contributed by atoms with Gasteiger partial charge >= 0.3 is 0 Å². The van der Waals surface area contributed by atoms with Gasteiger partial charge in [-0.3, -0.25) is 4.79 Å². The van der Waals surface area contributed by atoms with Gasteiger partial charge in [-0.2, -0.15) is 0 Å². The van der Waals surface area contributed by atoms with E-state index in [0.717, 1.165) is 12.0 Å². The summed E-state index contributed by atoms with van der Waals surface area (Å²) in [6.07, 6.45) is 1.45. The number of rotatable bonds is 3. The molecule has 1 atom stereocenters. The van der Waals surface area contributed by atoms with Crippen LogP contribution in [0.3, 0.4) is 0 Å². The van der Waals surface area contributed by atoms with E-state index < -0.39 is 0 Å². The van der Waals surface area contributed by atoms with Crippen LogP contribution in [0.1, 0.15) is 34.7 Å². The molecule has 1 unspecified atom stereocenters. The Labute approximate surface area is 99.9 Å². The summed E-state index contributed by atoms with van der Waals surface area (Å²) in [5, 5.41) is 11.2. The minimum Gasteiger partial charge on any atom is -0.396 e. The van der Waals surface area contributed by atoms with Crippen LogP contribution in [0.15, 0.2) is 36.4 Å². The van der Waals surface area contributed by atoms with Gasteiger partial charge in [-0.15, -0.1) is 0 Å². The van der Waals surface area contributed by atoms with Crippen LogP contribution in [-0.4, -0.2) is 17.5 Å². The van der Waals surface area contributed by atoms with Gasteiger partial charge in [-0.25, -0.2) is 0 Å². The Hall–Kier alpha value is -1.67. The molecule has 2 aromatic rings. The third-order valence-corrected chi connectivity index (χ3v) is 3.55. The molecule has 86 valence electrons. The molecule has 1 N–H and O–H groups in total. The topological polar surface area (TPSA) is 37.3 Å². The van der Waals surface area contributed by atoms with Crippen LogP contribution in [0.4, 0.5) is 0 Å². The van der Waals surface area contributed by atoms with Crippen LogP contribution >= 0.6 is 0 Å². The van der Waals surface area contributed by atoms with Gasteiger partial charge in [0, 0.05) is 18.1 Å². The fraction of sp³-hybridized carbons (Fsp3) is 0.267. The molecule has 0 spiro atoms. The van der Waals surface area contributed by atoms with Crippen molar-refractivity contribution in [3.05, 3.63) is 47.5 Å². The normalized spacial score (nSPS) is 17.9. The van der Waals surface area contributed by atoms with Crippen molar-refractivity contribution >= 4 is 16.6 Å². The van der Waals surface area contributed by atoms with Crippen LogP contribution in [0.25, 0.3) is 10.8 Å². The van der Waals surface area contributed by atoms with Crippen molar-refractivity contribution in [3.8, 4) is 0 Å². The minimum atomic E-state index is 0.00301. The lowest BCUT2D eigenvalue weighted by atomic mass is 9.72. The Morgan fingerprint density at radius 1 is 1.12 bits per heavy atom. The molecule has 3 rings (SSSR count). The summed E-state index contributed by atoms with van der Waals surface area (Å²) >= 11 is 0. The zero-order chi connectivity index (χ0) is 11.8. The second kappa shape index (κ2) is 3.97. The van der Waals surface area contributed by atoms with E-state index in [1.165, 1.54) is 16.3 Å². The first-order valence-electron chi connectivity index (χ1n) is 5.99. The number of hydrogen-bond donors (Lipinski definition) is 1. The minimum absolute atomic E-state index is 0.00301. The zero-order valence-electron chi connectivity index (χ0n) is 9.52. The first kappa shape index (κ1) is 10.5. The number of carbonyl (C=O) groups is 1. The lowest BCUT2D eigenvalue weighted by Gasteiger charge is -2.30. The summed E-state index contributed by atoms with van der Waals surface area (Å²) in [5.41, 5.74) is 2.05. The Morgan fingerprint density at radius 3 is 2.76 bits per heavy atom.